The number of ketones is 1. The molecule has 3 heteroatoms. The number of hydrogen-bond acceptors (Lipinski definition) is 3. The first-order chi connectivity index (χ1) is 11.8. The second kappa shape index (κ2) is 8.07. The van der Waals surface area contributed by atoms with Crippen LogP contribution in [0.4, 0.5) is 5.69 Å². The van der Waals surface area contributed by atoms with Gasteiger partial charge in [-0.15, -0.1) is 0 Å². The van der Waals surface area contributed by atoms with Gasteiger partial charge in [0.1, 0.15) is 0 Å². The molecule has 2 rings (SSSR count). The number of carbonyl (C=O) groups is 1. The van der Waals surface area contributed by atoms with Crippen molar-refractivity contribution in [3.05, 3.63) is 34.9 Å². The molecule has 1 aromatic rings. The van der Waals surface area contributed by atoms with Crippen molar-refractivity contribution >= 4 is 17.2 Å². The minimum atomic E-state index is -0.0641. The van der Waals surface area contributed by atoms with E-state index >= 15 is 0 Å². The fourth-order valence-corrected chi connectivity index (χ4v) is 3.74. The molecular formula is C22H34N2O. The molecule has 0 bridgehead atoms. The largest absolute Gasteiger partial charge is 0.398 e. The van der Waals surface area contributed by atoms with Crippen molar-refractivity contribution in [2.75, 3.05) is 5.73 Å². The number of nitrogen functional groups attached to an aromatic ring is 1. The lowest BCUT2D eigenvalue weighted by molar-refractivity contribution is -0.118. The topological polar surface area (TPSA) is 55.1 Å². The predicted molar refractivity (Wildman–Crippen MR) is 107 cm³/mol. The Kier molecular flexibility index (Phi) is 6.31. The first-order valence-electron chi connectivity index (χ1n) is 9.76. The van der Waals surface area contributed by atoms with Crippen molar-refractivity contribution < 1.29 is 4.79 Å². The summed E-state index contributed by atoms with van der Waals surface area (Å²) in [6.45, 7) is 10.8. The molecule has 0 aliphatic carbocycles. The maximum Gasteiger partial charge on any atom is 0.160 e. The number of carbonyl (C=O) groups excluding carboxylic acids is 1. The molecule has 1 aromatic carbocycles. The highest BCUT2D eigenvalue weighted by Gasteiger charge is 2.29. The number of unbranched alkanes of at least 4 members (excludes halogenated alkanes) is 1. The maximum absolute atomic E-state index is 12.8. The average molecular weight is 343 g/mol. The van der Waals surface area contributed by atoms with E-state index in [1.54, 1.807) is 0 Å². The number of rotatable bonds is 7. The molecule has 0 spiro atoms. The summed E-state index contributed by atoms with van der Waals surface area (Å²) in [7, 11) is 0. The molecule has 138 valence electrons. The van der Waals surface area contributed by atoms with Gasteiger partial charge in [0, 0.05) is 34.5 Å². The van der Waals surface area contributed by atoms with Crippen LogP contribution in [0, 0.1) is 5.92 Å². The van der Waals surface area contributed by atoms with Crippen molar-refractivity contribution in [1.82, 2.24) is 5.32 Å². The van der Waals surface area contributed by atoms with Gasteiger partial charge in [0.05, 0.1) is 0 Å². The van der Waals surface area contributed by atoms with E-state index in [0.29, 0.717) is 0 Å². The Morgan fingerprint density at radius 1 is 1.32 bits per heavy atom. The minimum absolute atomic E-state index is 0.0641. The van der Waals surface area contributed by atoms with Gasteiger partial charge in [-0.2, -0.15) is 0 Å². The highest BCUT2D eigenvalue weighted by atomic mass is 16.1. The van der Waals surface area contributed by atoms with Crippen LogP contribution in [0.3, 0.4) is 0 Å². The summed E-state index contributed by atoms with van der Waals surface area (Å²) in [5, 5.41) is 3.56. The van der Waals surface area contributed by atoms with Crippen LogP contribution in [0.25, 0.3) is 5.70 Å². The Bertz CT molecular complexity index is 658. The van der Waals surface area contributed by atoms with Gasteiger partial charge in [-0.3, -0.25) is 4.79 Å². The molecule has 3 N–H and O–H groups in total. The maximum atomic E-state index is 12.8. The molecular weight excluding hydrogens is 308 g/mol. The molecule has 0 aromatic heterocycles. The van der Waals surface area contributed by atoms with Crippen LogP contribution in [-0.2, 0) is 17.6 Å². The summed E-state index contributed by atoms with van der Waals surface area (Å²) in [6.07, 6.45) is 7.81. The van der Waals surface area contributed by atoms with Crippen molar-refractivity contribution in [1.29, 1.82) is 0 Å². The van der Waals surface area contributed by atoms with Gasteiger partial charge in [-0.25, -0.2) is 0 Å². The van der Waals surface area contributed by atoms with Gasteiger partial charge in [0.2, 0.25) is 0 Å². The van der Waals surface area contributed by atoms with Crippen LogP contribution in [0.15, 0.2) is 18.2 Å². The third-order valence-corrected chi connectivity index (χ3v) is 5.23. The van der Waals surface area contributed by atoms with Crippen molar-refractivity contribution in [3.63, 3.8) is 0 Å². The normalized spacial score (nSPS) is 18.5. The van der Waals surface area contributed by atoms with Crippen LogP contribution < -0.4 is 11.1 Å². The zero-order valence-corrected chi connectivity index (χ0v) is 16.5. The summed E-state index contributed by atoms with van der Waals surface area (Å²) < 4.78 is 0. The zero-order chi connectivity index (χ0) is 18.6. The van der Waals surface area contributed by atoms with E-state index in [2.05, 4.69) is 46.0 Å². The smallest absolute Gasteiger partial charge is 0.160 e. The molecule has 0 radical (unpaired) electrons. The van der Waals surface area contributed by atoms with Crippen LogP contribution in [0.2, 0.25) is 0 Å². The van der Waals surface area contributed by atoms with E-state index in [1.165, 1.54) is 11.1 Å². The standard InChI is InChI=1S/C22H34N2O/c1-6-9-10-15(7-2)21(25)13-20-18-12-19(23)16(8-3)11-17(18)14-22(4,5)24-20/h11-13,15,24H,6-10,14,23H2,1-5H3/b20-13-. The second-order valence-corrected chi connectivity index (χ2v) is 7.96. The highest BCUT2D eigenvalue weighted by Crippen LogP contribution is 2.33. The summed E-state index contributed by atoms with van der Waals surface area (Å²) >= 11 is 0. The number of hydrogen-bond donors (Lipinski definition) is 2. The van der Waals surface area contributed by atoms with E-state index < -0.39 is 0 Å². The fourth-order valence-electron chi connectivity index (χ4n) is 3.74. The Balaban J connectivity index is 2.41. The van der Waals surface area contributed by atoms with E-state index in [1.807, 2.05) is 12.1 Å². The number of anilines is 1. The van der Waals surface area contributed by atoms with Crippen LogP contribution >= 0.6 is 0 Å². The fraction of sp³-hybridized carbons (Fsp3) is 0.591. The van der Waals surface area contributed by atoms with E-state index in [9.17, 15) is 4.79 Å². The molecule has 25 heavy (non-hydrogen) atoms. The minimum Gasteiger partial charge on any atom is -0.398 e. The Morgan fingerprint density at radius 2 is 2.04 bits per heavy atom. The van der Waals surface area contributed by atoms with Crippen molar-refractivity contribution in [3.8, 4) is 0 Å². The number of allylic oxidation sites excluding steroid dienone is 1. The number of fused-ring (bicyclic) bond motifs is 1. The lowest BCUT2D eigenvalue weighted by atomic mass is 9.83. The third-order valence-electron chi connectivity index (χ3n) is 5.23. The van der Waals surface area contributed by atoms with Crippen LogP contribution in [0.5, 0.6) is 0 Å². The molecule has 0 saturated heterocycles. The van der Waals surface area contributed by atoms with E-state index in [-0.39, 0.29) is 17.2 Å². The van der Waals surface area contributed by atoms with Gasteiger partial charge in [0.25, 0.3) is 0 Å². The molecule has 1 unspecified atom stereocenters. The summed E-state index contributed by atoms with van der Waals surface area (Å²) in [5.41, 5.74) is 11.5. The molecule has 3 nitrogen and oxygen atoms in total. The number of nitrogens with two attached hydrogens (primary N) is 1. The van der Waals surface area contributed by atoms with Crippen molar-refractivity contribution in [2.45, 2.75) is 78.7 Å². The summed E-state index contributed by atoms with van der Waals surface area (Å²) in [5.74, 6) is 0.357. The summed E-state index contributed by atoms with van der Waals surface area (Å²) in [4.78, 5) is 12.8. The first-order valence-corrected chi connectivity index (χ1v) is 9.76. The van der Waals surface area contributed by atoms with Gasteiger partial charge < -0.3 is 11.1 Å². The van der Waals surface area contributed by atoms with Crippen LogP contribution in [-0.4, -0.2) is 11.3 Å². The molecule has 1 aliphatic rings. The quantitative estimate of drug-likeness (QED) is 0.548. The monoisotopic (exact) mass is 342 g/mol. The Hall–Kier alpha value is -1.77. The van der Waals surface area contributed by atoms with E-state index in [4.69, 9.17) is 5.73 Å². The van der Waals surface area contributed by atoms with Gasteiger partial charge >= 0.3 is 0 Å². The number of benzene rings is 1. The Labute approximate surface area is 153 Å². The zero-order valence-electron chi connectivity index (χ0n) is 16.5. The third kappa shape index (κ3) is 4.65. The second-order valence-electron chi connectivity index (χ2n) is 7.96. The molecule has 1 atom stereocenters. The Morgan fingerprint density at radius 3 is 2.64 bits per heavy atom. The van der Waals surface area contributed by atoms with Crippen molar-refractivity contribution in [2.24, 2.45) is 5.92 Å². The lowest BCUT2D eigenvalue weighted by Gasteiger charge is -2.36. The number of aryl methyl sites for hydroxylation is 1. The predicted octanol–water partition coefficient (Wildman–Crippen LogP) is 4.88. The van der Waals surface area contributed by atoms with Gasteiger partial charge in [-0.05, 0) is 56.7 Å². The highest BCUT2D eigenvalue weighted by molar-refractivity contribution is 5.98. The molecule has 1 aliphatic heterocycles. The SMILES string of the molecule is CCCCC(CC)C(=O)/C=C1\NC(C)(C)Cc2cc(CC)c(N)cc21. The molecule has 1 heterocycles. The lowest BCUT2D eigenvalue weighted by Crippen LogP contribution is -2.44. The van der Waals surface area contributed by atoms with Crippen LogP contribution in [0.1, 0.15) is 77.0 Å². The molecule has 0 saturated carbocycles. The molecule has 0 amide bonds. The first kappa shape index (κ1) is 19.6. The van der Waals surface area contributed by atoms with Gasteiger partial charge in [-0.1, -0.05) is 39.7 Å². The number of nitrogens with one attached hydrogen (secondary N) is 1. The summed E-state index contributed by atoms with van der Waals surface area (Å²) in [6, 6.07) is 4.27. The molecule has 0 fully saturated rings. The van der Waals surface area contributed by atoms with Gasteiger partial charge in [0.15, 0.2) is 5.78 Å². The van der Waals surface area contributed by atoms with E-state index in [0.717, 1.165) is 55.5 Å². The average Bonchev–Trinajstić information content (AvgIpc) is 2.55.